The van der Waals surface area contributed by atoms with Crippen LogP contribution in [0.2, 0.25) is 0 Å². The predicted octanol–water partition coefficient (Wildman–Crippen LogP) is 0.591. The summed E-state index contributed by atoms with van der Waals surface area (Å²) in [4.78, 5) is 34.9. The number of ether oxygens (including phenoxy) is 1. The van der Waals surface area contributed by atoms with Crippen molar-refractivity contribution in [3.63, 3.8) is 0 Å². The van der Waals surface area contributed by atoms with Gasteiger partial charge in [-0.2, -0.15) is 5.10 Å². The van der Waals surface area contributed by atoms with Crippen LogP contribution in [0.3, 0.4) is 0 Å². The Balaban J connectivity index is 2.72. The van der Waals surface area contributed by atoms with Crippen molar-refractivity contribution < 1.29 is 19.2 Å². The number of nitrogens with zero attached hydrogens (tertiary/aromatic N) is 4. The summed E-state index contributed by atoms with van der Waals surface area (Å²) in [7, 11) is 0. The molecule has 0 aliphatic rings. The Morgan fingerprint density at radius 3 is 2.67 bits per heavy atom. The third-order valence-electron chi connectivity index (χ3n) is 2.68. The normalized spacial score (nSPS) is 10.5. The van der Waals surface area contributed by atoms with Crippen molar-refractivity contribution in [3.05, 3.63) is 22.5 Å². The molecule has 1 aromatic rings. The molecule has 9 heteroatoms. The monoisotopic (exact) mass is 298 g/mol. The highest BCUT2D eigenvalue weighted by Crippen LogP contribution is 2.09. The van der Waals surface area contributed by atoms with E-state index in [4.69, 9.17) is 4.74 Å². The largest absolute Gasteiger partial charge is 0.465 e. The number of esters is 1. The molecule has 9 nitrogen and oxygen atoms in total. The Bertz CT molecular complexity index is 525. The Morgan fingerprint density at radius 2 is 2.19 bits per heavy atom. The van der Waals surface area contributed by atoms with E-state index in [1.165, 1.54) is 15.8 Å². The second-order valence-electron chi connectivity index (χ2n) is 4.57. The first-order valence-corrected chi connectivity index (χ1v) is 6.47. The van der Waals surface area contributed by atoms with Gasteiger partial charge in [-0.1, -0.05) is 0 Å². The standard InChI is InChI=1S/C12H18N4O5/c1-4-21-12(18)8-15(9(2)3)11(17)7-14-6-10(5-13-14)16(19)20/h5-6,9H,4,7-8H2,1-3H3. The van der Waals surface area contributed by atoms with Crippen molar-refractivity contribution in [3.8, 4) is 0 Å². The fraction of sp³-hybridized carbons (Fsp3) is 0.583. The summed E-state index contributed by atoms with van der Waals surface area (Å²) in [6, 6.07) is -0.201. The fourth-order valence-corrected chi connectivity index (χ4v) is 1.67. The molecule has 0 unspecified atom stereocenters. The van der Waals surface area contributed by atoms with Crippen LogP contribution < -0.4 is 0 Å². The van der Waals surface area contributed by atoms with Gasteiger partial charge in [0.05, 0.1) is 11.5 Å². The van der Waals surface area contributed by atoms with Crippen LogP contribution in [0, 0.1) is 10.1 Å². The molecule has 116 valence electrons. The van der Waals surface area contributed by atoms with Crippen LogP contribution in [-0.2, 0) is 20.9 Å². The first kappa shape index (κ1) is 16.6. The first-order valence-electron chi connectivity index (χ1n) is 6.47. The maximum atomic E-state index is 12.2. The molecule has 0 fully saturated rings. The van der Waals surface area contributed by atoms with Gasteiger partial charge in [0.15, 0.2) is 0 Å². The zero-order valence-corrected chi connectivity index (χ0v) is 12.2. The van der Waals surface area contributed by atoms with Gasteiger partial charge in [-0.15, -0.1) is 0 Å². The quantitative estimate of drug-likeness (QED) is 0.414. The molecule has 0 aliphatic carbocycles. The number of hydrogen-bond acceptors (Lipinski definition) is 6. The van der Waals surface area contributed by atoms with E-state index in [1.807, 2.05) is 0 Å². The molecule has 0 spiro atoms. The summed E-state index contributed by atoms with van der Waals surface area (Å²) in [6.45, 7) is 5.12. The van der Waals surface area contributed by atoms with E-state index in [0.717, 1.165) is 6.20 Å². The molecule has 21 heavy (non-hydrogen) atoms. The van der Waals surface area contributed by atoms with Gasteiger partial charge in [-0.05, 0) is 20.8 Å². The summed E-state index contributed by atoms with van der Waals surface area (Å²) < 4.78 is 5.98. The number of carbonyl (C=O) groups is 2. The average molecular weight is 298 g/mol. The zero-order valence-electron chi connectivity index (χ0n) is 12.2. The van der Waals surface area contributed by atoms with E-state index in [2.05, 4.69) is 5.10 Å². The molecule has 0 aromatic carbocycles. The van der Waals surface area contributed by atoms with Gasteiger partial charge in [0, 0.05) is 6.04 Å². The van der Waals surface area contributed by atoms with Crippen LogP contribution in [0.25, 0.3) is 0 Å². The smallest absolute Gasteiger partial charge is 0.325 e. The summed E-state index contributed by atoms with van der Waals surface area (Å²) in [5.41, 5.74) is -0.190. The van der Waals surface area contributed by atoms with Gasteiger partial charge in [-0.3, -0.25) is 24.4 Å². The highest BCUT2D eigenvalue weighted by molar-refractivity contribution is 5.82. The van der Waals surface area contributed by atoms with E-state index in [9.17, 15) is 19.7 Å². The zero-order chi connectivity index (χ0) is 16.0. The van der Waals surface area contributed by atoms with Crippen molar-refractivity contribution in [2.75, 3.05) is 13.2 Å². The van der Waals surface area contributed by atoms with Crippen LogP contribution in [0.5, 0.6) is 0 Å². The lowest BCUT2D eigenvalue weighted by atomic mass is 10.3. The van der Waals surface area contributed by atoms with Crippen LogP contribution in [0.1, 0.15) is 20.8 Å². The van der Waals surface area contributed by atoms with Crippen LogP contribution >= 0.6 is 0 Å². The molecule has 0 atom stereocenters. The maximum Gasteiger partial charge on any atom is 0.325 e. The molecule has 0 N–H and O–H groups in total. The fourth-order valence-electron chi connectivity index (χ4n) is 1.67. The van der Waals surface area contributed by atoms with Crippen LogP contribution in [-0.4, -0.2) is 50.7 Å². The topological polar surface area (TPSA) is 108 Å². The maximum absolute atomic E-state index is 12.2. The molecule has 0 radical (unpaired) electrons. The van der Waals surface area contributed by atoms with Gasteiger partial charge < -0.3 is 9.64 Å². The summed E-state index contributed by atoms with van der Waals surface area (Å²) in [6.07, 6.45) is 2.24. The lowest BCUT2D eigenvalue weighted by molar-refractivity contribution is -0.385. The van der Waals surface area contributed by atoms with E-state index >= 15 is 0 Å². The molecule has 0 saturated heterocycles. The first-order chi connectivity index (χ1) is 9.85. The molecule has 0 bridgehead atoms. The van der Waals surface area contributed by atoms with Gasteiger partial charge in [0.1, 0.15) is 25.5 Å². The van der Waals surface area contributed by atoms with Gasteiger partial charge in [-0.25, -0.2) is 0 Å². The van der Waals surface area contributed by atoms with Gasteiger partial charge in [0.2, 0.25) is 5.91 Å². The van der Waals surface area contributed by atoms with Crippen molar-refractivity contribution in [2.24, 2.45) is 0 Å². The van der Waals surface area contributed by atoms with Crippen molar-refractivity contribution in [1.29, 1.82) is 0 Å². The second-order valence-corrected chi connectivity index (χ2v) is 4.57. The Hall–Kier alpha value is -2.45. The molecule has 1 heterocycles. The molecular formula is C12H18N4O5. The lowest BCUT2D eigenvalue weighted by Crippen LogP contribution is -2.43. The minimum atomic E-state index is -0.590. The summed E-state index contributed by atoms with van der Waals surface area (Å²) in [5.74, 6) is -0.859. The van der Waals surface area contributed by atoms with E-state index in [0.29, 0.717) is 0 Å². The van der Waals surface area contributed by atoms with E-state index in [1.54, 1.807) is 20.8 Å². The minimum absolute atomic E-state index is 0.159. The summed E-state index contributed by atoms with van der Waals surface area (Å²) in [5, 5.41) is 14.3. The molecule has 1 aromatic heterocycles. The second kappa shape index (κ2) is 7.36. The number of amides is 1. The highest BCUT2D eigenvalue weighted by Gasteiger charge is 2.22. The third-order valence-corrected chi connectivity index (χ3v) is 2.68. The van der Waals surface area contributed by atoms with E-state index < -0.39 is 10.9 Å². The molecule has 0 aliphatic heterocycles. The minimum Gasteiger partial charge on any atom is -0.465 e. The Morgan fingerprint density at radius 1 is 1.52 bits per heavy atom. The van der Waals surface area contributed by atoms with Crippen LogP contribution in [0.4, 0.5) is 5.69 Å². The van der Waals surface area contributed by atoms with Gasteiger partial charge >= 0.3 is 11.7 Å². The molecular weight excluding hydrogens is 280 g/mol. The Labute approximate surface area is 121 Å². The molecule has 0 saturated carbocycles. The number of aromatic nitrogens is 2. The lowest BCUT2D eigenvalue weighted by Gasteiger charge is -2.25. The van der Waals surface area contributed by atoms with Gasteiger partial charge in [0.25, 0.3) is 0 Å². The predicted molar refractivity (Wildman–Crippen MR) is 72.4 cm³/mol. The molecule has 1 amide bonds. The number of rotatable bonds is 7. The van der Waals surface area contributed by atoms with Crippen LogP contribution in [0.15, 0.2) is 12.4 Å². The van der Waals surface area contributed by atoms with Crippen molar-refractivity contribution in [2.45, 2.75) is 33.4 Å². The third kappa shape index (κ3) is 4.86. The van der Waals surface area contributed by atoms with Crippen molar-refractivity contribution >= 4 is 17.6 Å². The number of carbonyl (C=O) groups excluding carboxylic acids is 2. The number of nitro groups is 1. The number of hydrogen-bond donors (Lipinski definition) is 0. The molecule has 1 rings (SSSR count). The highest BCUT2D eigenvalue weighted by atomic mass is 16.6. The van der Waals surface area contributed by atoms with E-state index in [-0.39, 0.29) is 37.3 Å². The average Bonchev–Trinajstić information content (AvgIpc) is 2.84. The van der Waals surface area contributed by atoms with Crippen molar-refractivity contribution in [1.82, 2.24) is 14.7 Å². The Kier molecular flexibility index (Phi) is 5.82. The SMILES string of the molecule is CCOC(=O)CN(C(=O)Cn1cc([N+](=O)[O-])cn1)C(C)C. The summed E-state index contributed by atoms with van der Waals surface area (Å²) >= 11 is 0.